The number of piperidine rings is 2. The molecule has 320 valence electrons. The molecule has 14 nitrogen and oxygen atoms in total. The van der Waals surface area contributed by atoms with Crippen LogP contribution in [0.4, 0.5) is 24.5 Å². The molecule has 2 aromatic heterocycles. The molecule has 1 atom stereocenters. The lowest BCUT2D eigenvalue weighted by Crippen LogP contribution is -2.54. The summed E-state index contributed by atoms with van der Waals surface area (Å²) in [7, 11) is 1.46. The van der Waals surface area contributed by atoms with E-state index in [1.807, 2.05) is 10.9 Å². The zero-order valence-corrected chi connectivity index (χ0v) is 33.7. The molecule has 1 unspecified atom stereocenters. The first-order valence-corrected chi connectivity index (χ1v) is 21.0. The van der Waals surface area contributed by atoms with Crippen molar-refractivity contribution < 1.29 is 41.9 Å². The van der Waals surface area contributed by atoms with Gasteiger partial charge in [-0.2, -0.15) is 18.3 Å². The smallest absolute Gasteiger partial charge is 0.433 e. The first kappa shape index (κ1) is 40.6. The van der Waals surface area contributed by atoms with E-state index in [0.29, 0.717) is 34.2 Å². The maximum Gasteiger partial charge on any atom is 0.433 e. The summed E-state index contributed by atoms with van der Waals surface area (Å²) in [5, 5.41) is 14.0. The molecular formula is C44H47F3N8O6. The number of benzene rings is 2. The highest BCUT2D eigenvalue weighted by Crippen LogP contribution is 2.53. The maximum absolute atomic E-state index is 13.2. The van der Waals surface area contributed by atoms with Gasteiger partial charge in [-0.05, 0) is 125 Å². The number of hydrogen-bond donors (Lipinski definition) is 3. The molecular weight excluding hydrogens is 794 g/mol. The standard InChI is InChI=1S/C44H47F3N8O6/c1-61-36-19-33-27(17-34(36)50-39(57)32-3-2-4-37(49-32)44(45,46)47)24-54(52-33)29-8-5-25(6-9-29)23-53-15-13-43(14-16-53)20-26(21-43)22-48-28-7-10-30-31(18-28)42(60)55(41(30)59)35-11-12-38(56)51-40(35)58/h2-4,7,10,17-19,24-26,29,35,48H,5-6,8-9,11-16,20-23H2,1H3,(H,50,57)(H,51,56,58)/t25-,29-,35?. The van der Waals surface area contributed by atoms with E-state index in [9.17, 15) is 37.1 Å². The van der Waals surface area contributed by atoms with Gasteiger partial charge < -0.3 is 20.3 Å². The van der Waals surface area contributed by atoms with Gasteiger partial charge in [0.15, 0.2) is 0 Å². The van der Waals surface area contributed by atoms with Gasteiger partial charge in [0.05, 0.1) is 35.5 Å². The Labute approximate surface area is 349 Å². The van der Waals surface area contributed by atoms with E-state index in [1.54, 1.807) is 30.3 Å². The van der Waals surface area contributed by atoms with Crippen molar-refractivity contribution in [2.45, 2.75) is 82.5 Å². The molecule has 2 aromatic carbocycles. The third-order valence-corrected chi connectivity index (χ3v) is 13.5. The number of nitrogens with zero attached hydrogens (tertiary/aromatic N) is 5. The first-order valence-electron chi connectivity index (χ1n) is 21.0. The molecule has 5 amide bonds. The molecule has 61 heavy (non-hydrogen) atoms. The molecule has 0 radical (unpaired) electrons. The summed E-state index contributed by atoms with van der Waals surface area (Å²) < 4.78 is 47.0. The van der Waals surface area contributed by atoms with Crippen LogP contribution < -0.4 is 20.7 Å². The van der Waals surface area contributed by atoms with Gasteiger partial charge in [-0.25, -0.2) is 4.98 Å². The number of rotatable bonds is 10. The summed E-state index contributed by atoms with van der Waals surface area (Å²) in [5.41, 5.74) is 1.22. The Kier molecular flexibility index (Phi) is 10.6. The van der Waals surface area contributed by atoms with Gasteiger partial charge in [0, 0.05) is 42.8 Å². The number of carbonyl (C=O) groups excluding carboxylic acids is 5. The zero-order valence-electron chi connectivity index (χ0n) is 33.7. The van der Waals surface area contributed by atoms with Crippen LogP contribution in [0.2, 0.25) is 0 Å². The molecule has 3 N–H and O–H groups in total. The molecule has 5 heterocycles. The Hall–Kier alpha value is -5.84. The van der Waals surface area contributed by atoms with Crippen molar-refractivity contribution in [1.29, 1.82) is 0 Å². The van der Waals surface area contributed by atoms with Crippen LogP contribution in [0.15, 0.2) is 54.7 Å². The van der Waals surface area contributed by atoms with Gasteiger partial charge in [-0.15, -0.1) is 0 Å². The Bertz CT molecular complexity index is 2410. The van der Waals surface area contributed by atoms with Crippen LogP contribution in [-0.2, 0) is 15.8 Å². The number of imide groups is 2. The van der Waals surface area contributed by atoms with Crippen LogP contribution in [0.25, 0.3) is 10.9 Å². The number of pyridine rings is 1. The average molecular weight is 841 g/mol. The number of likely N-dealkylation sites (tertiary alicyclic amines) is 1. The fourth-order valence-electron chi connectivity index (χ4n) is 10.2. The molecule has 9 rings (SSSR count). The lowest BCUT2D eigenvalue weighted by molar-refractivity contribution is -0.141. The molecule has 1 spiro atoms. The minimum Gasteiger partial charge on any atom is -0.494 e. The average Bonchev–Trinajstić information content (AvgIpc) is 3.76. The summed E-state index contributed by atoms with van der Waals surface area (Å²) in [5.74, 6) is -1.32. The van der Waals surface area contributed by atoms with Gasteiger partial charge in [-0.1, -0.05) is 6.07 Å². The van der Waals surface area contributed by atoms with E-state index in [-0.39, 0.29) is 35.7 Å². The number of alkyl halides is 3. The Balaban J connectivity index is 0.720. The quantitative estimate of drug-likeness (QED) is 0.151. The molecule has 2 saturated carbocycles. The summed E-state index contributed by atoms with van der Waals surface area (Å²) >= 11 is 0. The number of carbonyl (C=O) groups is 5. The fourth-order valence-corrected chi connectivity index (χ4v) is 10.2. The Morgan fingerprint density at radius 1 is 0.934 bits per heavy atom. The van der Waals surface area contributed by atoms with Crippen molar-refractivity contribution in [2.75, 3.05) is 43.9 Å². The highest BCUT2D eigenvalue weighted by molar-refractivity contribution is 6.23. The normalized spacial score (nSPS) is 23.2. The second-order valence-electron chi connectivity index (χ2n) is 17.4. The van der Waals surface area contributed by atoms with Crippen molar-refractivity contribution >= 4 is 51.8 Å². The van der Waals surface area contributed by atoms with Gasteiger partial charge in [0.25, 0.3) is 17.7 Å². The summed E-state index contributed by atoms with van der Waals surface area (Å²) in [6, 6.07) is 11.0. The predicted octanol–water partition coefficient (Wildman–Crippen LogP) is 6.45. The van der Waals surface area contributed by atoms with Gasteiger partial charge in [0.2, 0.25) is 11.8 Å². The van der Waals surface area contributed by atoms with E-state index < -0.39 is 47.4 Å². The van der Waals surface area contributed by atoms with Gasteiger partial charge in [-0.3, -0.25) is 38.9 Å². The van der Waals surface area contributed by atoms with E-state index >= 15 is 0 Å². The molecule has 4 fully saturated rings. The van der Waals surface area contributed by atoms with Crippen molar-refractivity contribution in [1.82, 2.24) is 29.9 Å². The van der Waals surface area contributed by atoms with E-state index in [1.165, 1.54) is 26.0 Å². The summed E-state index contributed by atoms with van der Waals surface area (Å²) in [4.78, 5) is 70.3. The number of anilines is 2. The van der Waals surface area contributed by atoms with Crippen molar-refractivity contribution in [3.63, 3.8) is 0 Å². The molecule has 4 aromatic rings. The Morgan fingerprint density at radius 2 is 1.69 bits per heavy atom. The third-order valence-electron chi connectivity index (χ3n) is 13.5. The van der Waals surface area contributed by atoms with Crippen molar-refractivity contribution in [3.05, 3.63) is 77.2 Å². The number of methoxy groups -OCH3 is 1. The number of halogens is 3. The maximum atomic E-state index is 13.2. The number of aromatic nitrogens is 3. The third kappa shape index (κ3) is 8.07. The van der Waals surface area contributed by atoms with Crippen LogP contribution in [0.5, 0.6) is 5.75 Å². The van der Waals surface area contributed by atoms with Crippen LogP contribution in [0.3, 0.4) is 0 Å². The molecule has 0 bridgehead atoms. The second-order valence-corrected chi connectivity index (χ2v) is 17.4. The lowest BCUT2D eigenvalue weighted by Gasteiger charge is -2.53. The Morgan fingerprint density at radius 3 is 2.41 bits per heavy atom. The molecule has 17 heteroatoms. The minimum absolute atomic E-state index is 0.0832. The van der Waals surface area contributed by atoms with Crippen LogP contribution >= 0.6 is 0 Å². The molecule has 2 aliphatic carbocycles. The van der Waals surface area contributed by atoms with E-state index in [2.05, 4.69) is 25.8 Å². The van der Waals surface area contributed by atoms with Crippen LogP contribution in [-0.4, -0.2) is 93.4 Å². The number of ether oxygens (including phenoxy) is 1. The summed E-state index contributed by atoms with van der Waals surface area (Å²) in [6.07, 6.45) is 6.40. The largest absolute Gasteiger partial charge is 0.494 e. The SMILES string of the molecule is COc1cc2nn([C@H]3CC[C@H](CN4CCC5(CC4)CC(CNc4ccc6c(c4)C(=O)N(C4CCC(=O)NC4=O)C6=O)C5)CC3)cc2cc1NC(=O)c1cccc(C(F)(F)F)n1. The van der Waals surface area contributed by atoms with Gasteiger partial charge in [0.1, 0.15) is 23.2 Å². The number of fused-ring (bicyclic) bond motifs is 2. The zero-order chi connectivity index (χ0) is 42.6. The van der Waals surface area contributed by atoms with Gasteiger partial charge >= 0.3 is 6.18 Å². The van der Waals surface area contributed by atoms with Crippen LogP contribution in [0, 0.1) is 17.3 Å². The molecule has 5 aliphatic rings. The number of hydrogen-bond acceptors (Lipinski definition) is 10. The highest BCUT2D eigenvalue weighted by Gasteiger charge is 2.47. The second kappa shape index (κ2) is 15.9. The number of nitrogens with one attached hydrogen (secondary N) is 3. The lowest BCUT2D eigenvalue weighted by atomic mass is 9.57. The predicted molar refractivity (Wildman–Crippen MR) is 217 cm³/mol. The van der Waals surface area contributed by atoms with Crippen molar-refractivity contribution in [3.8, 4) is 5.75 Å². The van der Waals surface area contributed by atoms with E-state index in [4.69, 9.17) is 9.84 Å². The first-order chi connectivity index (χ1) is 29.3. The van der Waals surface area contributed by atoms with Crippen molar-refractivity contribution in [2.24, 2.45) is 17.3 Å². The monoisotopic (exact) mass is 840 g/mol. The fraction of sp³-hybridized carbons (Fsp3) is 0.477. The van der Waals surface area contributed by atoms with Crippen LogP contribution in [0.1, 0.15) is 107 Å². The highest BCUT2D eigenvalue weighted by atomic mass is 19.4. The van der Waals surface area contributed by atoms with E-state index in [0.717, 1.165) is 92.8 Å². The number of amides is 5. The molecule has 3 aliphatic heterocycles. The minimum atomic E-state index is -4.67. The topological polar surface area (TPSA) is 168 Å². The molecule has 2 saturated heterocycles. The summed E-state index contributed by atoms with van der Waals surface area (Å²) in [6.45, 7) is 4.07.